The topological polar surface area (TPSA) is 98.8 Å². The standard InChI is InChI=1S/C22H28N4O4S/c1-25(2)31(29,30)20-11-7-6-8-18(20)16-23-22(28)26-14-12-17(13-15-26)21(27)24-19-9-4-3-5-10-19/h3-11,17H,12-16H2,1-2H3,(H,23,28)(H,24,27). The van der Waals surface area contributed by atoms with Gasteiger partial charge in [0.15, 0.2) is 0 Å². The number of sulfonamides is 1. The van der Waals surface area contributed by atoms with Gasteiger partial charge in [0.25, 0.3) is 0 Å². The Kier molecular flexibility index (Phi) is 7.29. The average Bonchev–Trinajstić information content (AvgIpc) is 2.78. The lowest BCUT2D eigenvalue weighted by Crippen LogP contribution is -2.46. The maximum atomic E-state index is 12.6. The minimum atomic E-state index is -3.60. The normalized spacial score (nSPS) is 15.0. The van der Waals surface area contributed by atoms with Crippen LogP contribution < -0.4 is 10.6 Å². The van der Waals surface area contributed by atoms with Crippen LogP contribution in [0.2, 0.25) is 0 Å². The molecule has 0 aliphatic carbocycles. The van der Waals surface area contributed by atoms with Crippen molar-refractivity contribution >= 4 is 27.6 Å². The van der Waals surface area contributed by atoms with Crippen molar-refractivity contribution in [2.24, 2.45) is 5.92 Å². The van der Waals surface area contributed by atoms with E-state index < -0.39 is 10.0 Å². The van der Waals surface area contributed by atoms with Gasteiger partial charge in [0.1, 0.15) is 0 Å². The van der Waals surface area contributed by atoms with Crippen LogP contribution >= 0.6 is 0 Å². The molecule has 31 heavy (non-hydrogen) atoms. The molecule has 2 aromatic rings. The van der Waals surface area contributed by atoms with E-state index >= 15 is 0 Å². The molecular formula is C22H28N4O4S. The Balaban J connectivity index is 1.53. The lowest BCUT2D eigenvalue weighted by Gasteiger charge is -2.31. The van der Waals surface area contributed by atoms with Gasteiger partial charge in [-0.3, -0.25) is 4.79 Å². The second-order valence-corrected chi connectivity index (χ2v) is 9.79. The third kappa shape index (κ3) is 5.62. The highest BCUT2D eigenvalue weighted by Gasteiger charge is 2.28. The van der Waals surface area contributed by atoms with Crippen molar-refractivity contribution in [2.45, 2.75) is 24.3 Å². The van der Waals surface area contributed by atoms with Crippen LogP contribution in [0.4, 0.5) is 10.5 Å². The lowest BCUT2D eigenvalue weighted by molar-refractivity contribution is -0.121. The van der Waals surface area contributed by atoms with Crippen molar-refractivity contribution in [1.29, 1.82) is 0 Å². The van der Waals surface area contributed by atoms with Gasteiger partial charge in [-0.15, -0.1) is 0 Å². The van der Waals surface area contributed by atoms with E-state index in [0.29, 0.717) is 31.5 Å². The van der Waals surface area contributed by atoms with E-state index in [0.717, 1.165) is 9.99 Å². The van der Waals surface area contributed by atoms with E-state index in [9.17, 15) is 18.0 Å². The molecule has 0 unspecified atom stereocenters. The Labute approximate surface area is 183 Å². The Bertz CT molecular complexity index is 1020. The third-order valence-electron chi connectivity index (χ3n) is 5.36. The molecule has 2 N–H and O–H groups in total. The van der Waals surface area contributed by atoms with Gasteiger partial charge in [0.05, 0.1) is 4.90 Å². The van der Waals surface area contributed by atoms with Crippen LogP contribution in [0.15, 0.2) is 59.5 Å². The van der Waals surface area contributed by atoms with E-state index in [1.807, 2.05) is 30.3 Å². The minimum Gasteiger partial charge on any atom is -0.334 e. The van der Waals surface area contributed by atoms with Gasteiger partial charge in [-0.1, -0.05) is 36.4 Å². The van der Waals surface area contributed by atoms with Crippen LogP contribution in [0.1, 0.15) is 18.4 Å². The van der Waals surface area contributed by atoms with Crippen LogP contribution in [-0.2, 0) is 21.4 Å². The highest BCUT2D eigenvalue weighted by molar-refractivity contribution is 7.89. The van der Waals surface area contributed by atoms with Crippen molar-refractivity contribution in [3.05, 3.63) is 60.2 Å². The average molecular weight is 445 g/mol. The number of anilines is 1. The highest BCUT2D eigenvalue weighted by Crippen LogP contribution is 2.21. The molecule has 1 aliphatic heterocycles. The van der Waals surface area contributed by atoms with Crippen molar-refractivity contribution in [2.75, 3.05) is 32.5 Å². The first-order chi connectivity index (χ1) is 14.8. The Morgan fingerprint density at radius 3 is 2.26 bits per heavy atom. The number of piperidine rings is 1. The molecule has 0 atom stereocenters. The number of para-hydroxylation sites is 1. The molecule has 0 radical (unpaired) electrons. The van der Waals surface area contributed by atoms with Crippen LogP contribution in [0, 0.1) is 5.92 Å². The molecule has 1 aliphatic rings. The molecule has 1 saturated heterocycles. The van der Waals surface area contributed by atoms with E-state index in [1.165, 1.54) is 20.2 Å². The van der Waals surface area contributed by atoms with Gasteiger partial charge in [-0.05, 0) is 36.6 Å². The molecule has 1 fully saturated rings. The van der Waals surface area contributed by atoms with Gasteiger partial charge >= 0.3 is 6.03 Å². The summed E-state index contributed by atoms with van der Waals surface area (Å²) in [4.78, 5) is 26.9. The largest absolute Gasteiger partial charge is 0.334 e. The quantitative estimate of drug-likeness (QED) is 0.715. The summed E-state index contributed by atoms with van der Waals surface area (Å²) < 4.78 is 26.1. The predicted octanol–water partition coefficient (Wildman–Crippen LogP) is 2.50. The van der Waals surface area contributed by atoms with Crippen LogP contribution in [0.5, 0.6) is 0 Å². The number of hydrogen-bond donors (Lipinski definition) is 2. The summed E-state index contributed by atoms with van der Waals surface area (Å²) in [6, 6.07) is 15.7. The predicted molar refractivity (Wildman–Crippen MR) is 119 cm³/mol. The highest BCUT2D eigenvalue weighted by atomic mass is 32.2. The minimum absolute atomic E-state index is 0.0333. The molecule has 0 spiro atoms. The summed E-state index contributed by atoms with van der Waals surface area (Å²) in [5, 5.41) is 5.72. The second-order valence-electron chi connectivity index (χ2n) is 7.67. The zero-order chi connectivity index (χ0) is 22.4. The number of nitrogens with one attached hydrogen (secondary N) is 2. The zero-order valence-corrected chi connectivity index (χ0v) is 18.6. The van der Waals surface area contributed by atoms with Gasteiger partial charge < -0.3 is 15.5 Å². The van der Waals surface area contributed by atoms with Gasteiger partial charge in [-0.2, -0.15) is 0 Å². The van der Waals surface area contributed by atoms with Crippen molar-refractivity contribution in [3.63, 3.8) is 0 Å². The van der Waals surface area contributed by atoms with Gasteiger partial charge in [-0.25, -0.2) is 17.5 Å². The Hall–Kier alpha value is -2.91. The number of nitrogens with zero attached hydrogens (tertiary/aromatic N) is 2. The van der Waals surface area contributed by atoms with E-state index in [1.54, 1.807) is 23.1 Å². The molecule has 9 heteroatoms. The number of amides is 3. The first-order valence-corrected chi connectivity index (χ1v) is 11.6. The molecule has 0 bridgehead atoms. The van der Waals surface area contributed by atoms with Gasteiger partial charge in [0, 0.05) is 45.3 Å². The lowest BCUT2D eigenvalue weighted by atomic mass is 9.96. The Morgan fingerprint density at radius 1 is 1.00 bits per heavy atom. The van der Waals surface area contributed by atoms with Crippen LogP contribution in [0.25, 0.3) is 0 Å². The maximum absolute atomic E-state index is 12.6. The summed E-state index contributed by atoms with van der Waals surface area (Å²) >= 11 is 0. The SMILES string of the molecule is CN(C)S(=O)(=O)c1ccccc1CNC(=O)N1CCC(C(=O)Nc2ccccc2)CC1. The molecule has 8 nitrogen and oxygen atoms in total. The molecule has 0 aromatic heterocycles. The summed E-state index contributed by atoms with van der Waals surface area (Å²) in [5.74, 6) is -0.177. The summed E-state index contributed by atoms with van der Waals surface area (Å²) in [6.45, 7) is 1.04. The molecule has 3 amide bonds. The molecule has 2 aromatic carbocycles. The summed E-state index contributed by atoms with van der Waals surface area (Å²) in [5.41, 5.74) is 1.29. The van der Waals surface area contributed by atoms with Gasteiger partial charge in [0.2, 0.25) is 15.9 Å². The fraction of sp³-hybridized carbons (Fsp3) is 0.364. The fourth-order valence-corrected chi connectivity index (χ4v) is 4.61. The Morgan fingerprint density at radius 2 is 1.61 bits per heavy atom. The first kappa shape index (κ1) is 22.8. The molecule has 3 rings (SSSR count). The number of urea groups is 1. The zero-order valence-electron chi connectivity index (χ0n) is 17.7. The molecular weight excluding hydrogens is 416 g/mol. The first-order valence-electron chi connectivity index (χ1n) is 10.2. The number of hydrogen-bond acceptors (Lipinski definition) is 4. The number of likely N-dealkylation sites (tertiary alicyclic amines) is 1. The van der Waals surface area contributed by atoms with E-state index in [2.05, 4.69) is 10.6 Å². The molecule has 166 valence electrons. The number of carbonyl (C=O) groups is 2. The second kappa shape index (κ2) is 9.93. The smallest absolute Gasteiger partial charge is 0.317 e. The van der Waals surface area contributed by atoms with Crippen molar-refractivity contribution in [1.82, 2.24) is 14.5 Å². The van der Waals surface area contributed by atoms with Crippen LogP contribution in [0.3, 0.4) is 0 Å². The van der Waals surface area contributed by atoms with E-state index in [4.69, 9.17) is 0 Å². The van der Waals surface area contributed by atoms with Crippen molar-refractivity contribution in [3.8, 4) is 0 Å². The fourth-order valence-electron chi connectivity index (χ4n) is 3.49. The van der Waals surface area contributed by atoms with Crippen LogP contribution in [-0.4, -0.2) is 56.7 Å². The third-order valence-corrected chi connectivity index (χ3v) is 7.27. The van der Waals surface area contributed by atoms with E-state index in [-0.39, 0.29) is 29.3 Å². The number of rotatable bonds is 6. The molecule has 1 heterocycles. The summed E-state index contributed by atoms with van der Waals surface area (Å²) in [6.07, 6.45) is 1.16. The van der Waals surface area contributed by atoms with Crippen molar-refractivity contribution < 1.29 is 18.0 Å². The monoisotopic (exact) mass is 444 g/mol. The molecule has 0 saturated carbocycles. The maximum Gasteiger partial charge on any atom is 0.317 e. The summed E-state index contributed by atoms with van der Waals surface area (Å²) in [7, 11) is -0.649. The number of benzene rings is 2. The number of carbonyl (C=O) groups excluding carboxylic acids is 2.